The lowest BCUT2D eigenvalue weighted by Crippen LogP contribution is -2.51. The Kier molecular flexibility index (Phi) is 9.00. The lowest BCUT2D eigenvalue weighted by Gasteiger charge is -2.32. The van der Waals surface area contributed by atoms with Crippen LogP contribution >= 0.6 is 23.2 Å². The Morgan fingerprint density at radius 2 is 1.84 bits per heavy atom. The number of rotatable bonds is 10. The predicted molar refractivity (Wildman–Crippen MR) is 145 cm³/mol. The first kappa shape index (κ1) is 28.4. The third kappa shape index (κ3) is 6.00. The van der Waals surface area contributed by atoms with Gasteiger partial charge in [0.05, 0.1) is 5.56 Å². The van der Waals surface area contributed by atoms with Crippen molar-refractivity contribution in [2.24, 2.45) is 0 Å². The SMILES string of the molecule is CC[C@@H](C(=O)NC1CCCC1)N(Cc1ccc(Cl)cc1Cl)C(=O)CCCN1C(=O)c2ccccc2S1(=O)=O. The van der Waals surface area contributed by atoms with E-state index in [1.807, 2.05) is 6.92 Å². The molecule has 2 aromatic rings. The molecule has 0 aromatic heterocycles. The average Bonchev–Trinajstić information content (AvgIpc) is 3.46. The van der Waals surface area contributed by atoms with E-state index in [0.29, 0.717) is 22.0 Å². The fourth-order valence-corrected chi connectivity index (χ4v) is 7.17. The summed E-state index contributed by atoms with van der Waals surface area (Å²) in [6.07, 6.45) is 4.42. The van der Waals surface area contributed by atoms with Crippen LogP contribution in [0.1, 0.15) is 67.8 Å². The Morgan fingerprint density at radius 1 is 1.13 bits per heavy atom. The number of sulfonamides is 1. The number of hydrogen-bond acceptors (Lipinski definition) is 5. The Hall–Kier alpha value is -2.62. The number of hydrogen-bond donors (Lipinski definition) is 1. The van der Waals surface area contributed by atoms with Crippen LogP contribution in [0.3, 0.4) is 0 Å². The molecule has 1 heterocycles. The van der Waals surface area contributed by atoms with Crippen LogP contribution in [-0.2, 0) is 26.2 Å². The van der Waals surface area contributed by atoms with E-state index in [0.717, 1.165) is 30.0 Å². The first-order valence-corrected chi connectivity index (χ1v) is 15.0. The maximum Gasteiger partial charge on any atom is 0.269 e. The average molecular weight is 581 g/mol. The third-order valence-corrected chi connectivity index (χ3v) is 9.53. The van der Waals surface area contributed by atoms with Crippen molar-refractivity contribution in [3.63, 3.8) is 0 Å². The predicted octanol–water partition coefficient (Wildman–Crippen LogP) is 4.78. The number of benzene rings is 2. The molecule has 2 aromatic carbocycles. The molecule has 11 heteroatoms. The van der Waals surface area contributed by atoms with E-state index in [1.165, 1.54) is 17.0 Å². The molecule has 4 rings (SSSR count). The molecule has 2 aliphatic rings. The smallest absolute Gasteiger partial charge is 0.269 e. The van der Waals surface area contributed by atoms with Gasteiger partial charge in [0.2, 0.25) is 11.8 Å². The molecule has 1 atom stereocenters. The minimum atomic E-state index is -3.96. The second kappa shape index (κ2) is 12.1. The van der Waals surface area contributed by atoms with Crippen molar-refractivity contribution in [1.29, 1.82) is 0 Å². The molecule has 38 heavy (non-hydrogen) atoms. The minimum Gasteiger partial charge on any atom is -0.352 e. The Labute approximate surface area is 233 Å². The highest BCUT2D eigenvalue weighted by molar-refractivity contribution is 7.90. The van der Waals surface area contributed by atoms with Gasteiger partial charge in [0.25, 0.3) is 15.9 Å². The van der Waals surface area contributed by atoms with Gasteiger partial charge >= 0.3 is 0 Å². The van der Waals surface area contributed by atoms with Crippen LogP contribution in [0.15, 0.2) is 47.4 Å². The zero-order chi connectivity index (χ0) is 27.4. The molecule has 1 aliphatic heterocycles. The summed E-state index contributed by atoms with van der Waals surface area (Å²) in [5.41, 5.74) is 0.775. The highest BCUT2D eigenvalue weighted by Crippen LogP contribution is 2.30. The van der Waals surface area contributed by atoms with Gasteiger partial charge in [0.1, 0.15) is 10.9 Å². The zero-order valence-corrected chi connectivity index (χ0v) is 23.5. The molecular weight excluding hydrogens is 549 g/mol. The maximum atomic E-state index is 13.5. The van der Waals surface area contributed by atoms with E-state index >= 15 is 0 Å². The van der Waals surface area contributed by atoms with Crippen molar-refractivity contribution >= 4 is 50.9 Å². The third-order valence-electron chi connectivity index (χ3n) is 7.11. The first-order chi connectivity index (χ1) is 18.1. The molecule has 1 fully saturated rings. The van der Waals surface area contributed by atoms with Gasteiger partial charge in [0.15, 0.2) is 0 Å². The summed E-state index contributed by atoms with van der Waals surface area (Å²) in [5, 5.41) is 3.92. The monoisotopic (exact) mass is 579 g/mol. The number of nitrogens with one attached hydrogen (secondary N) is 1. The molecule has 0 saturated heterocycles. The molecule has 1 saturated carbocycles. The minimum absolute atomic E-state index is 0.0232. The van der Waals surface area contributed by atoms with Crippen molar-refractivity contribution in [3.05, 3.63) is 63.6 Å². The molecular formula is C27H31Cl2N3O5S. The fraction of sp³-hybridized carbons (Fsp3) is 0.444. The number of nitrogens with zero attached hydrogens (tertiary/aromatic N) is 2. The molecule has 1 aliphatic carbocycles. The normalized spacial score (nSPS) is 17.3. The van der Waals surface area contributed by atoms with E-state index in [1.54, 1.807) is 30.3 Å². The summed E-state index contributed by atoms with van der Waals surface area (Å²) in [6, 6.07) is 10.4. The quantitative estimate of drug-likeness (QED) is 0.436. The van der Waals surface area contributed by atoms with Gasteiger partial charge < -0.3 is 10.2 Å². The van der Waals surface area contributed by atoms with E-state index < -0.39 is 22.0 Å². The van der Waals surface area contributed by atoms with E-state index in [9.17, 15) is 22.8 Å². The number of carbonyl (C=O) groups is 3. The van der Waals surface area contributed by atoms with Crippen LogP contribution in [0, 0.1) is 0 Å². The second-order valence-corrected chi connectivity index (χ2v) is 12.3. The largest absolute Gasteiger partial charge is 0.352 e. The summed E-state index contributed by atoms with van der Waals surface area (Å²) in [6.45, 7) is 1.80. The second-order valence-electron chi connectivity index (χ2n) is 9.65. The molecule has 0 bridgehead atoms. The molecule has 1 N–H and O–H groups in total. The van der Waals surface area contributed by atoms with Crippen LogP contribution in [-0.4, -0.2) is 54.0 Å². The van der Waals surface area contributed by atoms with Gasteiger partial charge in [-0.15, -0.1) is 0 Å². The maximum absolute atomic E-state index is 13.5. The van der Waals surface area contributed by atoms with Crippen LogP contribution in [0.2, 0.25) is 10.0 Å². The summed E-state index contributed by atoms with van der Waals surface area (Å²) in [7, 11) is -3.96. The summed E-state index contributed by atoms with van der Waals surface area (Å²) in [5.74, 6) is -1.14. The van der Waals surface area contributed by atoms with E-state index in [-0.39, 0.29) is 54.2 Å². The molecule has 0 unspecified atom stereocenters. The van der Waals surface area contributed by atoms with Gasteiger partial charge in [-0.25, -0.2) is 12.7 Å². The van der Waals surface area contributed by atoms with Gasteiger partial charge in [0, 0.05) is 35.6 Å². The fourth-order valence-electron chi connectivity index (χ4n) is 5.09. The zero-order valence-electron chi connectivity index (χ0n) is 21.2. The van der Waals surface area contributed by atoms with Gasteiger partial charge in [-0.05, 0) is 55.5 Å². The number of carbonyl (C=O) groups excluding carboxylic acids is 3. The summed E-state index contributed by atoms with van der Waals surface area (Å²) in [4.78, 5) is 41.0. The topological polar surface area (TPSA) is 104 Å². The number of amides is 3. The van der Waals surface area contributed by atoms with Crippen molar-refractivity contribution in [2.75, 3.05) is 6.54 Å². The van der Waals surface area contributed by atoms with E-state index in [2.05, 4.69) is 5.32 Å². The highest BCUT2D eigenvalue weighted by Gasteiger charge is 2.40. The molecule has 8 nitrogen and oxygen atoms in total. The number of halogens is 2. The molecule has 0 radical (unpaired) electrons. The summed E-state index contributed by atoms with van der Waals surface area (Å²) >= 11 is 12.4. The Balaban J connectivity index is 1.49. The van der Waals surface area contributed by atoms with Crippen molar-refractivity contribution in [3.8, 4) is 0 Å². The van der Waals surface area contributed by atoms with Crippen molar-refractivity contribution in [2.45, 2.75) is 75.4 Å². The highest BCUT2D eigenvalue weighted by atomic mass is 35.5. The van der Waals surface area contributed by atoms with Gasteiger partial charge in [-0.2, -0.15) is 0 Å². The standard InChI is InChI=1S/C27H31Cl2N3O5S/c1-2-23(26(34)30-20-8-3-4-9-20)31(17-18-13-14-19(28)16-22(18)29)25(33)12-7-15-32-27(35)21-10-5-6-11-24(21)38(32,36)37/h5-6,10-11,13-14,16,20,23H,2-4,7-9,12,15,17H2,1H3,(H,30,34)/t23-/m0/s1. The molecule has 204 valence electrons. The number of fused-ring (bicyclic) bond motifs is 1. The first-order valence-electron chi connectivity index (χ1n) is 12.8. The van der Waals surface area contributed by atoms with E-state index in [4.69, 9.17) is 23.2 Å². The summed E-state index contributed by atoms with van der Waals surface area (Å²) < 4.78 is 26.5. The Morgan fingerprint density at radius 3 is 2.50 bits per heavy atom. The van der Waals surface area contributed by atoms with Crippen LogP contribution in [0.5, 0.6) is 0 Å². The molecule has 3 amide bonds. The van der Waals surface area contributed by atoms with Crippen molar-refractivity contribution < 1.29 is 22.8 Å². The van der Waals surface area contributed by atoms with Gasteiger partial charge in [-0.3, -0.25) is 14.4 Å². The lowest BCUT2D eigenvalue weighted by atomic mass is 10.1. The Bertz CT molecular complexity index is 1330. The molecule has 0 spiro atoms. The van der Waals surface area contributed by atoms with Crippen molar-refractivity contribution in [1.82, 2.24) is 14.5 Å². The lowest BCUT2D eigenvalue weighted by molar-refractivity contribution is -0.141. The van der Waals surface area contributed by atoms with Gasteiger partial charge in [-0.1, -0.05) is 61.2 Å². The van der Waals surface area contributed by atoms with Crippen LogP contribution < -0.4 is 5.32 Å². The van der Waals surface area contributed by atoms with Crippen LogP contribution in [0.25, 0.3) is 0 Å². The van der Waals surface area contributed by atoms with Crippen LogP contribution in [0.4, 0.5) is 0 Å².